The summed E-state index contributed by atoms with van der Waals surface area (Å²) in [4.78, 5) is 10.6. The molecule has 0 fully saturated rings. The van der Waals surface area contributed by atoms with E-state index >= 15 is 0 Å². The molecule has 0 heterocycles. The number of carbonyl (C=O) groups is 1. The third kappa shape index (κ3) is 1.43. The third-order valence-electron chi connectivity index (χ3n) is 1.75. The Morgan fingerprint density at radius 3 is 2.67 bits per heavy atom. The maximum absolute atomic E-state index is 10.6. The zero-order chi connectivity index (χ0) is 9.14. The lowest BCUT2D eigenvalue weighted by molar-refractivity contribution is 0.112. The number of aldehydes is 1. The van der Waals surface area contributed by atoms with Gasteiger partial charge in [0.2, 0.25) is 0 Å². The van der Waals surface area contributed by atoms with Crippen LogP contribution in [0.25, 0.3) is 0 Å². The number of rotatable bonds is 2. The van der Waals surface area contributed by atoms with E-state index in [9.17, 15) is 4.79 Å². The molecule has 2 nitrogen and oxygen atoms in total. The van der Waals surface area contributed by atoms with Crippen LogP contribution in [0.4, 0.5) is 0 Å². The van der Waals surface area contributed by atoms with Crippen LogP contribution in [-0.2, 0) is 0 Å². The average Bonchev–Trinajstić information content (AvgIpc) is 2.06. The molecule has 0 spiro atoms. The van der Waals surface area contributed by atoms with E-state index in [1.807, 2.05) is 0 Å². The summed E-state index contributed by atoms with van der Waals surface area (Å²) in [6, 6.07) is 3.39. The first kappa shape index (κ1) is 9.07. The standard InChI is InChI=1S/C9H9ClO2/c1-6-7(5-11)8(10)3-4-9(6)12-2/h3-5H,1-2H3. The molecular formula is C9H9ClO2. The van der Waals surface area contributed by atoms with Gasteiger partial charge in [-0.2, -0.15) is 0 Å². The Morgan fingerprint density at radius 2 is 2.17 bits per heavy atom. The van der Waals surface area contributed by atoms with Crippen molar-refractivity contribution in [3.63, 3.8) is 0 Å². The molecule has 64 valence electrons. The van der Waals surface area contributed by atoms with Gasteiger partial charge in [0.25, 0.3) is 0 Å². The summed E-state index contributed by atoms with van der Waals surface area (Å²) < 4.78 is 5.02. The van der Waals surface area contributed by atoms with Crippen molar-refractivity contribution in [1.29, 1.82) is 0 Å². The van der Waals surface area contributed by atoms with Crippen molar-refractivity contribution in [3.05, 3.63) is 28.3 Å². The first-order valence-corrected chi connectivity index (χ1v) is 3.86. The molecule has 0 unspecified atom stereocenters. The molecule has 1 aromatic rings. The van der Waals surface area contributed by atoms with Crippen molar-refractivity contribution in [2.45, 2.75) is 6.92 Å². The van der Waals surface area contributed by atoms with Crippen LogP contribution < -0.4 is 4.74 Å². The van der Waals surface area contributed by atoms with Crippen LogP contribution in [0.1, 0.15) is 15.9 Å². The fraction of sp³-hybridized carbons (Fsp3) is 0.222. The van der Waals surface area contributed by atoms with E-state index in [0.29, 0.717) is 16.3 Å². The highest BCUT2D eigenvalue weighted by Gasteiger charge is 2.07. The number of benzene rings is 1. The number of methoxy groups -OCH3 is 1. The molecule has 0 radical (unpaired) electrons. The van der Waals surface area contributed by atoms with E-state index in [-0.39, 0.29) is 0 Å². The number of hydrogen-bond donors (Lipinski definition) is 0. The van der Waals surface area contributed by atoms with Crippen molar-refractivity contribution in [2.75, 3.05) is 7.11 Å². The van der Waals surface area contributed by atoms with Crippen molar-refractivity contribution in [1.82, 2.24) is 0 Å². The van der Waals surface area contributed by atoms with E-state index in [1.165, 1.54) is 0 Å². The summed E-state index contributed by atoms with van der Waals surface area (Å²) in [5, 5.41) is 0.461. The monoisotopic (exact) mass is 184 g/mol. The molecule has 0 N–H and O–H groups in total. The molecule has 0 aliphatic heterocycles. The van der Waals surface area contributed by atoms with Crippen molar-refractivity contribution < 1.29 is 9.53 Å². The van der Waals surface area contributed by atoms with Gasteiger partial charge in [0.1, 0.15) is 5.75 Å². The van der Waals surface area contributed by atoms with Crippen LogP contribution in [0.5, 0.6) is 5.75 Å². The molecular weight excluding hydrogens is 176 g/mol. The van der Waals surface area contributed by atoms with Crippen molar-refractivity contribution in [3.8, 4) is 5.75 Å². The predicted molar refractivity (Wildman–Crippen MR) is 48.1 cm³/mol. The van der Waals surface area contributed by atoms with Crippen LogP contribution in [-0.4, -0.2) is 13.4 Å². The van der Waals surface area contributed by atoms with Gasteiger partial charge in [-0.3, -0.25) is 4.79 Å². The summed E-state index contributed by atoms with van der Waals surface area (Å²) >= 11 is 5.77. The van der Waals surface area contributed by atoms with Crippen LogP contribution >= 0.6 is 11.6 Å². The molecule has 0 amide bonds. The third-order valence-corrected chi connectivity index (χ3v) is 2.08. The SMILES string of the molecule is COc1ccc(Cl)c(C=O)c1C. The van der Waals surface area contributed by atoms with Crippen molar-refractivity contribution in [2.24, 2.45) is 0 Å². The molecule has 0 aliphatic carbocycles. The fourth-order valence-electron chi connectivity index (χ4n) is 1.04. The highest BCUT2D eigenvalue weighted by Crippen LogP contribution is 2.26. The molecule has 3 heteroatoms. The normalized spacial score (nSPS) is 9.58. The Morgan fingerprint density at radius 1 is 1.50 bits per heavy atom. The van der Waals surface area contributed by atoms with Gasteiger partial charge in [-0.25, -0.2) is 0 Å². The van der Waals surface area contributed by atoms with Gasteiger partial charge in [0.15, 0.2) is 6.29 Å². The molecule has 0 atom stereocenters. The molecule has 0 aliphatic rings. The molecule has 1 rings (SSSR count). The van der Waals surface area contributed by atoms with Gasteiger partial charge >= 0.3 is 0 Å². The van der Waals surface area contributed by atoms with E-state index in [1.54, 1.807) is 26.2 Å². The number of hydrogen-bond acceptors (Lipinski definition) is 2. The summed E-state index contributed by atoms with van der Waals surface area (Å²) in [7, 11) is 1.56. The number of halogens is 1. The topological polar surface area (TPSA) is 26.3 Å². The maximum atomic E-state index is 10.6. The van der Waals surface area contributed by atoms with Crippen LogP contribution in [0.3, 0.4) is 0 Å². The zero-order valence-corrected chi connectivity index (χ0v) is 7.68. The summed E-state index contributed by atoms with van der Waals surface area (Å²) in [6.45, 7) is 1.80. The minimum absolute atomic E-state index is 0.461. The number of ether oxygens (including phenoxy) is 1. The highest BCUT2D eigenvalue weighted by atomic mass is 35.5. The molecule has 0 saturated carbocycles. The Labute approximate surface area is 76.1 Å². The van der Waals surface area contributed by atoms with E-state index < -0.39 is 0 Å². The second-order valence-corrected chi connectivity index (χ2v) is 2.81. The summed E-state index contributed by atoms with van der Waals surface area (Å²) in [6.07, 6.45) is 0.736. The Bertz CT molecular complexity index is 308. The first-order chi connectivity index (χ1) is 5.70. The molecule has 0 saturated heterocycles. The van der Waals surface area contributed by atoms with Crippen LogP contribution in [0.2, 0.25) is 5.02 Å². The van der Waals surface area contributed by atoms with Gasteiger partial charge in [0, 0.05) is 11.1 Å². The lowest BCUT2D eigenvalue weighted by atomic mass is 10.1. The molecule has 0 aromatic heterocycles. The Balaban J connectivity index is 3.33. The Kier molecular flexibility index (Phi) is 2.71. The van der Waals surface area contributed by atoms with E-state index in [0.717, 1.165) is 11.8 Å². The van der Waals surface area contributed by atoms with Gasteiger partial charge in [0.05, 0.1) is 12.1 Å². The van der Waals surface area contributed by atoms with Gasteiger partial charge in [-0.15, -0.1) is 0 Å². The largest absolute Gasteiger partial charge is 0.496 e. The number of carbonyl (C=O) groups excluding carboxylic acids is 1. The highest BCUT2D eigenvalue weighted by molar-refractivity contribution is 6.33. The predicted octanol–water partition coefficient (Wildman–Crippen LogP) is 2.47. The zero-order valence-electron chi connectivity index (χ0n) is 6.93. The van der Waals surface area contributed by atoms with Crippen LogP contribution in [0.15, 0.2) is 12.1 Å². The van der Waals surface area contributed by atoms with E-state index in [4.69, 9.17) is 16.3 Å². The first-order valence-electron chi connectivity index (χ1n) is 3.49. The fourth-order valence-corrected chi connectivity index (χ4v) is 1.29. The van der Waals surface area contributed by atoms with E-state index in [2.05, 4.69) is 0 Å². The lowest BCUT2D eigenvalue weighted by Crippen LogP contribution is -1.93. The Hall–Kier alpha value is -1.02. The molecule has 12 heavy (non-hydrogen) atoms. The lowest BCUT2D eigenvalue weighted by Gasteiger charge is -2.06. The molecule has 1 aromatic carbocycles. The minimum Gasteiger partial charge on any atom is -0.496 e. The summed E-state index contributed by atoms with van der Waals surface area (Å²) in [5.41, 5.74) is 1.27. The maximum Gasteiger partial charge on any atom is 0.151 e. The quantitative estimate of drug-likeness (QED) is 0.660. The molecule has 0 bridgehead atoms. The van der Waals surface area contributed by atoms with Crippen LogP contribution in [0, 0.1) is 6.92 Å². The van der Waals surface area contributed by atoms with Gasteiger partial charge in [-0.1, -0.05) is 11.6 Å². The smallest absolute Gasteiger partial charge is 0.151 e. The second kappa shape index (κ2) is 3.59. The summed E-state index contributed by atoms with van der Waals surface area (Å²) in [5.74, 6) is 0.682. The van der Waals surface area contributed by atoms with Gasteiger partial charge in [-0.05, 0) is 19.1 Å². The average molecular weight is 185 g/mol. The second-order valence-electron chi connectivity index (χ2n) is 2.41. The minimum atomic E-state index is 0.461. The van der Waals surface area contributed by atoms with Crippen molar-refractivity contribution >= 4 is 17.9 Å². The van der Waals surface area contributed by atoms with Gasteiger partial charge < -0.3 is 4.74 Å².